The molecule has 0 fully saturated rings. The second kappa shape index (κ2) is 6.72. The Labute approximate surface area is 144 Å². The van der Waals surface area contributed by atoms with Crippen LogP contribution in [0.2, 0.25) is 0 Å². The van der Waals surface area contributed by atoms with Crippen LogP contribution in [0.3, 0.4) is 0 Å². The summed E-state index contributed by atoms with van der Waals surface area (Å²) in [5.41, 5.74) is 2.26. The maximum Gasteiger partial charge on any atom is 0.273 e. The fourth-order valence-electron chi connectivity index (χ4n) is 2.86. The number of hydrogen-bond acceptors (Lipinski definition) is 4. The highest BCUT2D eigenvalue weighted by atomic mass is 16.6. The van der Waals surface area contributed by atoms with Gasteiger partial charge in [0, 0.05) is 23.7 Å². The molecule has 3 rings (SSSR count). The predicted octanol–water partition coefficient (Wildman–Crippen LogP) is 3.92. The van der Waals surface area contributed by atoms with Gasteiger partial charge in [-0.1, -0.05) is 25.1 Å². The third-order valence-electron chi connectivity index (χ3n) is 4.07. The van der Waals surface area contributed by atoms with Gasteiger partial charge in [0.05, 0.1) is 16.0 Å². The van der Waals surface area contributed by atoms with Gasteiger partial charge in [0.15, 0.2) is 0 Å². The first-order valence-corrected chi connectivity index (χ1v) is 8.03. The zero-order valence-corrected chi connectivity index (χ0v) is 14.0. The Hall–Kier alpha value is -3.22. The van der Waals surface area contributed by atoms with E-state index in [0.29, 0.717) is 18.1 Å². The molecule has 1 amide bonds. The van der Waals surface area contributed by atoms with Crippen molar-refractivity contribution >= 4 is 28.6 Å². The minimum Gasteiger partial charge on any atom is -0.310 e. The van der Waals surface area contributed by atoms with Gasteiger partial charge in [-0.05, 0) is 31.5 Å². The van der Waals surface area contributed by atoms with E-state index in [2.05, 4.69) is 10.3 Å². The Kier molecular flexibility index (Phi) is 4.47. The van der Waals surface area contributed by atoms with Gasteiger partial charge in [-0.3, -0.25) is 20.2 Å². The molecule has 25 heavy (non-hydrogen) atoms. The van der Waals surface area contributed by atoms with Crippen LogP contribution in [-0.4, -0.2) is 20.4 Å². The minimum absolute atomic E-state index is 0.0743. The Bertz CT molecular complexity index is 962. The number of aryl methyl sites for hydroxylation is 1. The molecule has 0 bridgehead atoms. The summed E-state index contributed by atoms with van der Waals surface area (Å²) in [6, 6.07) is 12.1. The van der Waals surface area contributed by atoms with Crippen molar-refractivity contribution in [1.29, 1.82) is 0 Å². The first-order valence-electron chi connectivity index (χ1n) is 8.03. The van der Waals surface area contributed by atoms with Crippen LogP contribution >= 0.6 is 0 Å². The first kappa shape index (κ1) is 16.6. The summed E-state index contributed by atoms with van der Waals surface area (Å²) in [7, 11) is 0. The van der Waals surface area contributed by atoms with Crippen molar-refractivity contribution in [3.63, 3.8) is 0 Å². The maximum atomic E-state index is 12.7. The van der Waals surface area contributed by atoms with Crippen LogP contribution in [0.1, 0.15) is 29.3 Å². The summed E-state index contributed by atoms with van der Waals surface area (Å²) in [4.78, 5) is 27.7. The SMILES string of the molecule is CCCn1c(NC(=O)c2cccc([N+](=O)[O-])c2C)nc2ccccc21. The van der Waals surface area contributed by atoms with E-state index in [9.17, 15) is 14.9 Å². The summed E-state index contributed by atoms with van der Waals surface area (Å²) >= 11 is 0. The molecule has 1 heterocycles. The Balaban J connectivity index is 1.99. The van der Waals surface area contributed by atoms with Crippen molar-refractivity contribution in [2.45, 2.75) is 26.8 Å². The average molecular weight is 338 g/mol. The number of nitro benzene ring substituents is 1. The lowest BCUT2D eigenvalue weighted by molar-refractivity contribution is -0.385. The smallest absolute Gasteiger partial charge is 0.273 e. The van der Waals surface area contributed by atoms with E-state index in [1.807, 2.05) is 35.8 Å². The number of benzene rings is 2. The van der Waals surface area contributed by atoms with E-state index < -0.39 is 10.8 Å². The Morgan fingerprint density at radius 2 is 2.00 bits per heavy atom. The number of nitro groups is 1. The molecule has 7 heteroatoms. The van der Waals surface area contributed by atoms with Gasteiger partial charge in [0.2, 0.25) is 5.95 Å². The zero-order chi connectivity index (χ0) is 18.0. The number of nitrogens with zero attached hydrogens (tertiary/aromatic N) is 3. The normalized spacial score (nSPS) is 10.8. The van der Waals surface area contributed by atoms with Crippen LogP contribution in [0, 0.1) is 17.0 Å². The molecule has 3 aromatic rings. The summed E-state index contributed by atoms with van der Waals surface area (Å²) in [5.74, 6) is 0.0350. The average Bonchev–Trinajstić information content (AvgIpc) is 2.92. The molecule has 0 radical (unpaired) electrons. The fourth-order valence-corrected chi connectivity index (χ4v) is 2.86. The van der Waals surface area contributed by atoms with Gasteiger partial charge in [-0.15, -0.1) is 0 Å². The standard InChI is InChI=1S/C18H18N4O3/c1-3-11-21-16-9-5-4-8-14(16)19-18(21)20-17(23)13-7-6-10-15(12(13)2)22(24)25/h4-10H,3,11H2,1-2H3,(H,19,20,23). The van der Waals surface area contributed by atoms with E-state index in [1.165, 1.54) is 12.1 Å². The van der Waals surface area contributed by atoms with Crippen LogP contribution in [0.5, 0.6) is 0 Å². The zero-order valence-electron chi connectivity index (χ0n) is 14.0. The number of carbonyl (C=O) groups excluding carboxylic acids is 1. The number of para-hydroxylation sites is 2. The van der Waals surface area contributed by atoms with E-state index >= 15 is 0 Å². The van der Waals surface area contributed by atoms with Gasteiger partial charge in [-0.25, -0.2) is 4.98 Å². The number of anilines is 1. The number of imidazole rings is 1. The highest BCUT2D eigenvalue weighted by Gasteiger charge is 2.20. The molecule has 1 N–H and O–H groups in total. The summed E-state index contributed by atoms with van der Waals surface area (Å²) in [6.45, 7) is 4.33. The number of fused-ring (bicyclic) bond motifs is 1. The Morgan fingerprint density at radius 1 is 1.24 bits per heavy atom. The molecule has 7 nitrogen and oxygen atoms in total. The predicted molar refractivity (Wildman–Crippen MR) is 95.8 cm³/mol. The number of amides is 1. The van der Waals surface area contributed by atoms with Crippen molar-refractivity contribution < 1.29 is 9.72 Å². The number of rotatable bonds is 5. The van der Waals surface area contributed by atoms with Gasteiger partial charge in [0.25, 0.3) is 11.6 Å². The number of carbonyl (C=O) groups is 1. The summed E-state index contributed by atoms with van der Waals surface area (Å²) in [5, 5.41) is 13.9. The lowest BCUT2D eigenvalue weighted by Gasteiger charge is -2.10. The third kappa shape index (κ3) is 3.08. The third-order valence-corrected chi connectivity index (χ3v) is 4.07. The van der Waals surface area contributed by atoms with Crippen LogP contribution in [0.4, 0.5) is 11.6 Å². The van der Waals surface area contributed by atoms with Crippen LogP contribution < -0.4 is 5.32 Å². The van der Waals surface area contributed by atoms with E-state index in [-0.39, 0.29) is 11.3 Å². The number of nitrogens with one attached hydrogen (secondary N) is 1. The largest absolute Gasteiger partial charge is 0.310 e. The second-order valence-corrected chi connectivity index (χ2v) is 5.74. The number of hydrogen-bond donors (Lipinski definition) is 1. The molecule has 0 aliphatic rings. The second-order valence-electron chi connectivity index (χ2n) is 5.74. The topological polar surface area (TPSA) is 90.1 Å². The molecule has 0 saturated heterocycles. The minimum atomic E-state index is -0.488. The van der Waals surface area contributed by atoms with Gasteiger partial charge >= 0.3 is 0 Å². The highest BCUT2D eigenvalue weighted by Crippen LogP contribution is 2.24. The van der Waals surface area contributed by atoms with Gasteiger partial charge < -0.3 is 4.57 Å². The molecule has 0 spiro atoms. The molecule has 0 aliphatic heterocycles. The van der Waals surface area contributed by atoms with Crippen molar-refractivity contribution in [1.82, 2.24) is 9.55 Å². The Morgan fingerprint density at radius 3 is 2.72 bits per heavy atom. The molecule has 0 atom stereocenters. The quantitative estimate of drug-likeness (QED) is 0.564. The molecule has 128 valence electrons. The summed E-state index contributed by atoms with van der Waals surface area (Å²) < 4.78 is 1.94. The first-order chi connectivity index (χ1) is 12.0. The number of aromatic nitrogens is 2. The molecule has 0 unspecified atom stereocenters. The molecule has 1 aromatic heterocycles. The molecule has 2 aromatic carbocycles. The lowest BCUT2D eigenvalue weighted by atomic mass is 10.1. The van der Waals surface area contributed by atoms with Crippen molar-refractivity contribution in [2.24, 2.45) is 0 Å². The molecule has 0 saturated carbocycles. The highest BCUT2D eigenvalue weighted by molar-refractivity contribution is 6.05. The molecular weight excluding hydrogens is 320 g/mol. The van der Waals surface area contributed by atoms with Gasteiger partial charge in [0.1, 0.15) is 0 Å². The summed E-state index contributed by atoms with van der Waals surface area (Å²) in [6.07, 6.45) is 0.888. The van der Waals surface area contributed by atoms with E-state index in [4.69, 9.17) is 0 Å². The van der Waals surface area contributed by atoms with Crippen molar-refractivity contribution in [3.8, 4) is 0 Å². The van der Waals surface area contributed by atoms with Crippen molar-refractivity contribution in [3.05, 3.63) is 63.7 Å². The van der Waals surface area contributed by atoms with Crippen LogP contribution in [-0.2, 0) is 6.54 Å². The lowest BCUT2D eigenvalue weighted by Crippen LogP contribution is -2.17. The molecular formula is C18H18N4O3. The van der Waals surface area contributed by atoms with Crippen LogP contribution in [0.15, 0.2) is 42.5 Å². The van der Waals surface area contributed by atoms with Crippen molar-refractivity contribution in [2.75, 3.05) is 5.32 Å². The molecule has 0 aliphatic carbocycles. The van der Waals surface area contributed by atoms with E-state index in [0.717, 1.165) is 17.5 Å². The fraction of sp³-hybridized carbons (Fsp3) is 0.222. The van der Waals surface area contributed by atoms with Gasteiger partial charge in [-0.2, -0.15) is 0 Å². The van der Waals surface area contributed by atoms with Crippen LogP contribution in [0.25, 0.3) is 11.0 Å². The van der Waals surface area contributed by atoms with E-state index in [1.54, 1.807) is 13.0 Å². The maximum absolute atomic E-state index is 12.7. The monoisotopic (exact) mass is 338 g/mol.